The molecule has 2 aromatic carbocycles. The molecule has 1 aliphatic rings. The largest absolute Gasteiger partial charge is 2.00 e. The molecule has 0 aliphatic carbocycles. The number of rotatable bonds is 5. The van der Waals surface area contributed by atoms with Gasteiger partial charge in [-0.05, 0) is 48.5 Å². The minimum Gasteiger partial charge on any atom is -0.693 e. The van der Waals surface area contributed by atoms with Gasteiger partial charge in [0.25, 0.3) is 11.5 Å². The van der Waals surface area contributed by atoms with E-state index >= 15 is 0 Å². The van der Waals surface area contributed by atoms with Crippen molar-refractivity contribution in [2.45, 2.75) is 6.42 Å². The van der Waals surface area contributed by atoms with Crippen LogP contribution in [0.15, 0.2) is 71.8 Å². The average Bonchev–Trinajstić information content (AvgIpc) is 3.45. The normalized spacial score (nSPS) is 12.2. The van der Waals surface area contributed by atoms with E-state index in [0.717, 1.165) is 42.4 Å². The third-order valence-corrected chi connectivity index (χ3v) is 5.97. The van der Waals surface area contributed by atoms with Crippen molar-refractivity contribution in [3.05, 3.63) is 113 Å². The molecule has 0 bridgehead atoms. The van der Waals surface area contributed by atoms with Crippen LogP contribution in [-0.4, -0.2) is 33.8 Å². The topological polar surface area (TPSA) is 137 Å². The molecule has 0 spiro atoms. The van der Waals surface area contributed by atoms with Crippen molar-refractivity contribution in [2.75, 3.05) is 23.3 Å². The summed E-state index contributed by atoms with van der Waals surface area (Å²) in [5, 5.41) is 16.2. The second kappa shape index (κ2) is 12.7. The number of nitrogens with two attached hydrogens (primary N) is 1. The summed E-state index contributed by atoms with van der Waals surface area (Å²) in [6.07, 6.45) is 6.14. The maximum absolute atomic E-state index is 14.3. The number of hydrogen-bond donors (Lipinski definition) is 1. The predicted octanol–water partition coefficient (Wildman–Crippen LogP) is 4.83. The Labute approximate surface area is 242 Å². The Morgan fingerprint density at radius 1 is 1.10 bits per heavy atom. The van der Waals surface area contributed by atoms with Gasteiger partial charge in [-0.1, -0.05) is 12.1 Å². The summed E-state index contributed by atoms with van der Waals surface area (Å²) in [5.74, 6) is -2.63. The van der Waals surface area contributed by atoms with Crippen LogP contribution in [0.3, 0.4) is 0 Å². The molecular weight excluding hydrogens is 605 g/mol. The van der Waals surface area contributed by atoms with Gasteiger partial charge in [-0.25, -0.2) is 8.78 Å². The molecule has 4 aromatic rings. The van der Waals surface area contributed by atoms with Crippen LogP contribution in [0.4, 0.5) is 20.2 Å². The molecule has 5 rings (SSSR count). The van der Waals surface area contributed by atoms with E-state index in [9.17, 15) is 23.6 Å². The fourth-order valence-electron chi connectivity index (χ4n) is 4.16. The fraction of sp³-hybridized carbons (Fsp3) is 0.111. The summed E-state index contributed by atoms with van der Waals surface area (Å²) in [6.45, 7) is 1.40. The first kappa shape index (κ1) is 29.5. The Morgan fingerprint density at radius 2 is 1.87 bits per heavy atom. The summed E-state index contributed by atoms with van der Waals surface area (Å²) in [5.41, 5.74) is 1.43. The molecule has 0 saturated carbocycles. The fourth-order valence-corrected chi connectivity index (χ4v) is 4.16. The number of carbonyl (C=O) groups is 1. The third-order valence-electron chi connectivity index (χ3n) is 5.97. The maximum atomic E-state index is 14.3. The van der Waals surface area contributed by atoms with Gasteiger partial charge < -0.3 is 22.8 Å². The first-order valence-electron chi connectivity index (χ1n) is 11.4. The maximum Gasteiger partial charge on any atom is 2.00 e. The second-order valence-corrected chi connectivity index (χ2v) is 8.28. The molecule has 1 aliphatic heterocycles. The van der Waals surface area contributed by atoms with Crippen LogP contribution in [0.25, 0.3) is 23.0 Å². The first-order chi connectivity index (χ1) is 18.0. The number of hydrogen-bond acceptors (Lipinski definition) is 6. The quantitative estimate of drug-likeness (QED) is 0.249. The third kappa shape index (κ3) is 6.02. The minimum atomic E-state index is -0.984. The number of para-hydroxylation sites is 1. The molecule has 39 heavy (non-hydrogen) atoms. The number of halogens is 2. The van der Waals surface area contributed by atoms with Crippen molar-refractivity contribution in [3.63, 3.8) is 0 Å². The van der Waals surface area contributed by atoms with Crippen LogP contribution in [0.2, 0.25) is 0 Å². The van der Waals surface area contributed by atoms with Crippen LogP contribution in [0.1, 0.15) is 22.5 Å². The van der Waals surface area contributed by atoms with Gasteiger partial charge in [-0.3, -0.25) is 14.6 Å². The van der Waals surface area contributed by atoms with Gasteiger partial charge in [0.05, 0.1) is 23.0 Å². The number of carbonyl (C=O) groups excluding carboxylic acids is 1. The number of pyridine rings is 1. The molecule has 0 radical (unpaired) electrons. The summed E-state index contributed by atoms with van der Waals surface area (Å²) in [4.78, 5) is 31.7. The van der Waals surface area contributed by atoms with E-state index in [-0.39, 0.29) is 39.1 Å². The Hall–Kier alpha value is -4.03. The van der Waals surface area contributed by atoms with Gasteiger partial charge in [-0.15, -0.1) is 6.54 Å². The summed E-state index contributed by atoms with van der Waals surface area (Å²) < 4.78 is 29.1. The molecule has 1 amide bonds. The van der Waals surface area contributed by atoms with Crippen molar-refractivity contribution in [1.29, 1.82) is 5.26 Å². The van der Waals surface area contributed by atoms with E-state index < -0.39 is 28.8 Å². The Bertz CT molecular complexity index is 1590. The van der Waals surface area contributed by atoms with Crippen molar-refractivity contribution < 1.29 is 40.9 Å². The van der Waals surface area contributed by atoms with Crippen molar-refractivity contribution in [1.82, 2.24) is 14.8 Å². The smallest absolute Gasteiger partial charge is 0.693 e. The van der Waals surface area contributed by atoms with Gasteiger partial charge in [0.15, 0.2) is 11.6 Å². The Morgan fingerprint density at radius 3 is 2.56 bits per heavy atom. The van der Waals surface area contributed by atoms with E-state index in [4.69, 9.17) is 0 Å². The van der Waals surface area contributed by atoms with E-state index in [0.29, 0.717) is 28.0 Å². The number of anilines is 2. The van der Waals surface area contributed by atoms with Gasteiger partial charge in [0.2, 0.25) is 0 Å². The van der Waals surface area contributed by atoms with Gasteiger partial charge in [-0.2, -0.15) is 21.5 Å². The predicted molar refractivity (Wildman–Crippen MR) is 139 cm³/mol. The zero-order valence-electron chi connectivity index (χ0n) is 20.6. The zero-order valence-corrected chi connectivity index (χ0v) is 24.7. The standard InChI is InChI=1S/C27H19F2N6O2.Cd.H2N/c28-20-4-3-5-21(29)26(20)35-25(36)9-8-23(33-35)27(37)32-22-7-6-17(14-24(22)34-12-1-2-13-34)19-16-31-11-10-18(19)15-30;;/h1,3-11,14,16H,2,12-13H2,(H,32,37);;1H2/q-1;+2;-1. The van der Waals surface area contributed by atoms with E-state index in [1.165, 1.54) is 12.1 Å². The van der Waals surface area contributed by atoms with Crippen molar-refractivity contribution in [3.8, 4) is 22.9 Å². The molecule has 0 unspecified atom stereocenters. The van der Waals surface area contributed by atoms with Crippen molar-refractivity contribution >= 4 is 17.3 Å². The number of aromatic nitrogens is 3. The summed E-state index contributed by atoms with van der Waals surface area (Å²) in [7, 11) is 0. The first-order valence-corrected chi connectivity index (χ1v) is 11.4. The Balaban J connectivity index is 0.00000210. The molecule has 2 aromatic heterocycles. The molecule has 192 valence electrons. The van der Waals surface area contributed by atoms with Crippen LogP contribution in [-0.2, 0) is 27.3 Å². The van der Waals surface area contributed by atoms with Crippen LogP contribution >= 0.6 is 0 Å². The monoisotopic (exact) mass is 627 g/mol. The Kier molecular flexibility index (Phi) is 9.60. The number of nitrogens with zero attached hydrogens (tertiary/aromatic N) is 5. The van der Waals surface area contributed by atoms with E-state index in [1.807, 2.05) is 6.07 Å². The molecule has 3 heterocycles. The van der Waals surface area contributed by atoms with Gasteiger partial charge in [0, 0.05) is 24.0 Å². The average molecular weight is 626 g/mol. The molecule has 9 nitrogen and oxygen atoms in total. The van der Waals surface area contributed by atoms with Crippen LogP contribution in [0, 0.1) is 29.4 Å². The second-order valence-electron chi connectivity index (χ2n) is 8.28. The van der Waals surface area contributed by atoms with Gasteiger partial charge >= 0.3 is 27.3 Å². The molecule has 3 N–H and O–H groups in total. The molecule has 12 heteroatoms. The van der Waals surface area contributed by atoms with Crippen LogP contribution < -0.4 is 15.8 Å². The molecular formula is C27H21CdF2N7O2. The molecule has 1 saturated heterocycles. The SMILES string of the molecule is N#Cc1ccncc1-c1ccc(NC(=O)c2ccc(=O)n(-c3c(F)cccc3F)n2)c(N2C[CH-]CC2)c1.[Cd+2].[NH2-]. The molecule has 1 fully saturated rings. The summed E-state index contributed by atoms with van der Waals surface area (Å²) in [6, 6.07) is 14.5. The number of amides is 1. The van der Waals surface area contributed by atoms with E-state index in [1.54, 1.807) is 30.6 Å². The van der Waals surface area contributed by atoms with Gasteiger partial charge in [0.1, 0.15) is 11.4 Å². The molecule has 0 atom stereocenters. The van der Waals surface area contributed by atoms with Crippen molar-refractivity contribution in [2.24, 2.45) is 0 Å². The minimum absolute atomic E-state index is 0. The van der Waals surface area contributed by atoms with Crippen LogP contribution in [0.5, 0.6) is 0 Å². The number of nitrogens with one attached hydrogen (secondary N) is 1. The summed E-state index contributed by atoms with van der Waals surface area (Å²) >= 11 is 0. The number of benzene rings is 2. The zero-order chi connectivity index (χ0) is 25.9. The number of nitriles is 1. The van der Waals surface area contributed by atoms with E-state index in [2.05, 4.69) is 32.8 Å².